The van der Waals surface area contributed by atoms with Crippen molar-refractivity contribution in [3.05, 3.63) is 131 Å². The molecule has 0 saturated heterocycles. The van der Waals surface area contributed by atoms with Crippen molar-refractivity contribution in [3.8, 4) is 22.3 Å². The van der Waals surface area contributed by atoms with E-state index in [-0.39, 0.29) is 5.41 Å². The summed E-state index contributed by atoms with van der Waals surface area (Å²) in [5.74, 6) is 0.584. The summed E-state index contributed by atoms with van der Waals surface area (Å²) >= 11 is -0.826. The molecule has 2 radical (unpaired) electrons. The van der Waals surface area contributed by atoms with E-state index < -0.39 is 20.8 Å². The first-order valence-corrected chi connectivity index (χ1v) is 24.3. The molecule has 6 rings (SSSR count). The molecule has 238 valence electrons. The molecule has 0 fully saturated rings. The number of aryl methyl sites for hydroxylation is 3. The van der Waals surface area contributed by atoms with Gasteiger partial charge in [-0.2, -0.15) is 12.1 Å². The van der Waals surface area contributed by atoms with Crippen molar-refractivity contribution < 1.29 is 20.8 Å². The average molecular weight is 743 g/mol. The summed E-state index contributed by atoms with van der Waals surface area (Å²) in [7, 11) is 11.0. The van der Waals surface area contributed by atoms with Crippen molar-refractivity contribution in [1.29, 1.82) is 0 Å². The molecule has 0 atom stereocenters. The summed E-state index contributed by atoms with van der Waals surface area (Å²) in [6.07, 6.45) is 0. The van der Waals surface area contributed by atoms with Crippen LogP contribution in [0.1, 0.15) is 68.4 Å². The van der Waals surface area contributed by atoms with E-state index in [1.54, 1.807) is 0 Å². The van der Waals surface area contributed by atoms with E-state index in [2.05, 4.69) is 172 Å². The van der Waals surface area contributed by atoms with Crippen molar-refractivity contribution >= 4 is 48.1 Å². The van der Waals surface area contributed by atoms with Crippen LogP contribution in [-0.4, -0.2) is 9.52 Å². The number of hydrogen-bond acceptors (Lipinski definition) is 0. The zero-order valence-electron chi connectivity index (χ0n) is 29.1. The van der Waals surface area contributed by atoms with Gasteiger partial charge in [0.25, 0.3) is 0 Å². The number of hydrogen-bond donors (Lipinski definition) is 0. The molecule has 4 heteroatoms. The van der Waals surface area contributed by atoms with Crippen molar-refractivity contribution in [2.24, 2.45) is 0 Å². The molecule has 6 aromatic carbocycles. The second kappa shape index (κ2) is 17.8. The van der Waals surface area contributed by atoms with E-state index in [9.17, 15) is 0 Å². The van der Waals surface area contributed by atoms with E-state index in [1.807, 2.05) is 0 Å². The van der Waals surface area contributed by atoms with Crippen LogP contribution in [0.4, 0.5) is 0 Å². The average Bonchev–Trinajstić information content (AvgIpc) is 3.64. The first-order chi connectivity index (χ1) is 21.9. The van der Waals surface area contributed by atoms with Gasteiger partial charge in [0.05, 0.1) is 0 Å². The van der Waals surface area contributed by atoms with Crippen molar-refractivity contribution in [2.45, 2.75) is 79.8 Å². The van der Waals surface area contributed by atoms with Crippen LogP contribution in [0.15, 0.2) is 103 Å². The molecule has 0 nitrogen and oxygen atoms in total. The molecular weight excluding hydrogens is 695 g/mol. The number of benzene rings is 4. The van der Waals surface area contributed by atoms with Gasteiger partial charge < -0.3 is 0 Å². The fourth-order valence-corrected chi connectivity index (χ4v) is 5.65. The zero-order valence-corrected chi connectivity index (χ0v) is 34.1. The van der Waals surface area contributed by atoms with Gasteiger partial charge in [0.15, 0.2) is 0 Å². The van der Waals surface area contributed by atoms with Gasteiger partial charge in [0.1, 0.15) is 0 Å². The Balaban J connectivity index is 0.000000217. The number of rotatable bonds is 3. The predicted molar refractivity (Wildman–Crippen MR) is 206 cm³/mol. The molecule has 0 saturated carbocycles. The maximum atomic E-state index is 4.93. The Kier molecular flexibility index (Phi) is 14.8. The van der Waals surface area contributed by atoms with Crippen LogP contribution in [0.2, 0.25) is 13.1 Å². The van der Waals surface area contributed by atoms with Gasteiger partial charge in [-0.25, -0.2) is 0 Å². The molecule has 0 unspecified atom stereocenters. The minimum atomic E-state index is -0.826. The summed E-state index contributed by atoms with van der Waals surface area (Å²) in [5.41, 5.74) is 12.4. The Morgan fingerprint density at radius 3 is 1.85 bits per heavy atom. The van der Waals surface area contributed by atoms with Crippen LogP contribution < -0.4 is 0 Å². The van der Waals surface area contributed by atoms with E-state index >= 15 is 0 Å². The molecule has 0 heterocycles. The normalized spacial score (nSPS) is 10.8. The molecule has 0 aliphatic heterocycles. The van der Waals surface area contributed by atoms with Crippen LogP contribution in [0.25, 0.3) is 43.8 Å². The third-order valence-corrected chi connectivity index (χ3v) is 8.27. The molecule has 0 N–H and O–H groups in total. The van der Waals surface area contributed by atoms with Gasteiger partial charge in [-0.15, -0.1) is 62.5 Å². The van der Waals surface area contributed by atoms with E-state index in [1.165, 1.54) is 71.6 Å². The minimum absolute atomic E-state index is 0.202. The Morgan fingerprint density at radius 2 is 1.28 bits per heavy atom. The Hall–Kier alpha value is -2.22. The van der Waals surface area contributed by atoms with Crippen LogP contribution in [0.3, 0.4) is 0 Å². The van der Waals surface area contributed by atoms with Crippen LogP contribution >= 0.6 is 17.0 Å². The van der Waals surface area contributed by atoms with Gasteiger partial charge in [0.2, 0.25) is 0 Å². The first kappa shape index (κ1) is 38.2. The molecular formula is C42H48Cl2SiZr. The summed E-state index contributed by atoms with van der Waals surface area (Å²) < 4.78 is 0. The molecule has 0 bridgehead atoms. The van der Waals surface area contributed by atoms with E-state index in [4.69, 9.17) is 17.0 Å². The van der Waals surface area contributed by atoms with Crippen LogP contribution in [0, 0.1) is 20.8 Å². The summed E-state index contributed by atoms with van der Waals surface area (Å²) in [4.78, 5) is 0. The van der Waals surface area contributed by atoms with E-state index in [0.717, 1.165) is 9.52 Å². The van der Waals surface area contributed by atoms with Gasteiger partial charge >= 0.3 is 37.9 Å². The Morgan fingerprint density at radius 1 is 0.696 bits per heavy atom. The van der Waals surface area contributed by atoms with Gasteiger partial charge in [-0.05, 0) is 34.9 Å². The third kappa shape index (κ3) is 9.90. The third-order valence-electron chi connectivity index (χ3n) is 8.27. The zero-order chi connectivity index (χ0) is 34.0. The molecule has 0 aliphatic carbocycles. The monoisotopic (exact) mass is 740 g/mol. The topological polar surface area (TPSA) is 0 Å². The van der Waals surface area contributed by atoms with Crippen LogP contribution in [-0.2, 0) is 26.3 Å². The van der Waals surface area contributed by atoms with E-state index in [0.29, 0.717) is 5.92 Å². The Labute approximate surface area is 299 Å². The molecule has 46 heavy (non-hydrogen) atoms. The summed E-state index contributed by atoms with van der Waals surface area (Å²) in [5, 5.41) is 5.49. The molecule has 0 aromatic heterocycles. The standard InChI is InChI=1S/C22H25.C18H17.C2H6Si.2ClH.Zr/c1-14-11-19-16(3)15(2)13-20(21(19)12-14)17-7-9-18(10-8-17)22(4,5)6;1-13(2)16-11-15-9-6-10-17(18(15)12-16)14-7-4-3-5-8-14;1-3-2;;;/h7-13H,1-6H3;3-13H,1-2H3;1-2H3;2*1H;/q2*-1;;;;+4/p-2. The van der Waals surface area contributed by atoms with Gasteiger partial charge in [-0.1, -0.05) is 145 Å². The first-order valence-electron chi connectivity index (χ1n) is 15.9. The molecule has 6 aromatic rings. The van der Waals surface area contributed by atoms with Gasteiger partial charge in [-0.3, -0.25) is 0 Å². The van der Waals surface area contributed by atoms with Crippen LogP contribution in [0.5, 0.6) is 0 Å². The van der Waals surface area contributed by atoms with Gasteiger partial charge in [0, 0.05) is 9.52 Å². The summed E-state index contributed by atoms with van der Waals surface area (Å²) in [6.45, 7) is 22.2. The summed E-state index contributed by atoms with van der Waals surface area (Å²) in [6, 6.07) is 37.9. The predicted octanol–water partition coefficient (Wildman–Crippen LogP) is 14.0. The SMILES string of the molecule is CC(C)c1cc2c(-c3ccccc3)cccc2[cH-]1.C[Si]C.Cc1cc2c(-c3ccc(C(C)(C)C)cc3)cc(C)c(C)c2[cH-]1.[Cl][Zr+2][Cl]. The number of halogens is 2. The molecule has 0 aliphatic rings. The van der Waals surface area contributed by atoms with Crippen molar-refractivity contribution in [1.82, 2.24) is 0 Å². The Bertz CT molecular complexity index is 1800. The fourth-order valence-electron chi connectivity index (χ4n) is 5.65. The molecule has 0 amide bonds. The number of fused-ring (bicyclic) bond motifs is 2. The quantitative estimate of drug-likeness (QED) is 0.125. The fraction of sp³-hybridized carbons (Fsp3) is 0.286. The second-order valence-corrected chi connectivity index (χ2v) is 18.0. The molecule has 0 spiro atoms. The van der Waals surface area contributed by atoms with Crippen molar-refractivity contribution in [3.63, 3.8) is 0 Å². The second-order valence-electron chi connectivity index (χ2n) is 13.2. The maximum absolute atomic E-state index is 4.93. The van der Waals surface area contributed by atoms with Crippen molar-refractivity contribution in [2.75, 3.05) is 0 Å².